The average Bonchev–Trinajstić information content (AvgIpc) is 2.99. The second kappa shape index (κ2) is 4.43. The summed E-state index contributed by atoms with van der Waals surface area (Å²) in [7, 11) is 0. The first-order chi connectivity index (χ1) is 9.16. The number of aromatic nitrogens is 2. The maximum atomic E-state index is 13.8. The molecule has 0 fully saturated rings. The molecule has 0 saturated heterocycles. The Hall–Kier alpha value is -2.28. The molecule has 0 atom stereocenters. The lowest BCUT2D eigenvalue weighted by Gasteiger charge is -2.02. The number of nitrogens with zero attached hydrogens (tertiary/aromatic N) is 2. The zero-order valence-corrected chi connectivity index (χ0v) is 10.2. The van der Waals surface area contributed by atoms with Gasteiger partial charge in [0.2, 0.25) is 0 Å². The molecule has 0 radical (unpaired) electrons. The molecule has 19 heavy (non-hydrogen) atoms. The van der Waals surface area contributed by atoms with Gasteiger partial charge in [0.1, 0.15) is 11.6 Å². The summed E-state index contributed by atoms with van der Waals surface area (Å²) in [5.41, 5.74) is 7.76. The van der Waals surface area contributed by atoms with E-state index in [1.54, 1.807) is 11.7 Å². The molecule has 0 aliphatic heterocycles. The van der Waals surface area contributed by atoms with Crippen molar-refractivity contribution in [2.24, 2.45) is 0 Å². The minimum Gasteiger partial charge on any atom is -0.380 e. The molecule has 0 unspecified atom stereocenters. The maximum Gasteiger partial charge on any atom is 0.188 e. The van der Waals surface area contributed by atoms with Crippen molar-refractivity contribution < 1.29 is 13.3 Å². The Labute approximate surface area is 110 Å². The van der Waals surface area contributed by atoms with Gasteiger partial charge in [-0.1, -0.05) is 5.16 Å². The number of anilines is 1. The molecule has 0 spiro atoms. The summed E-state index contributed by atoms with van der Waals surface area (Å²) in [6.07, 6.45) is 1.57. The Bertz CT molecular complexity index is 725. The Kier molecular flexibility index (Phi) is 2.75. The smallest absolute Gasteiger partial charge is 0.188 e. The molecule has 3 aromatic rings. The lowest BCUT2D eigenvalue weighted by atomic mass is 10.0. The van der Waals surface area contributed by atoms with E-state index in [9.17, 15) is 8.78 Å². The van der Waals surface area contributed by atoms with E-state index in [1.165, 1.54) is 17.4 Å². The number of benzene rings is 1. The zero-order chi connectivity index (χ0) is 13.4. The van der Waals surface area contributed by atoms with Crippen LogP contribution in [0.1, 0.15) is 0 Å². The Morgan fingerprint density at radius 2 is 2.11 bits per heavy atom. The highest BCUT2D eigenvalue weighted by atomic mass is 32.1. The summed E-state index contributed by atoms with van der Waals surface area (Å²) < 4.78 is 31.9. The first-order valence-corrected chi connectivity index (χ1v) is 6.14. The molecule has 96 valence electrons. The van der Waals surface area contributed by atoms with Crippen LogP contribution >= 0.6 is 11.3 Å². The minimum atomic E-state index is -0.722. The zero-order valence-electron chi connectivity index (χ0n) is 9.43. The van der Waals surface area contributed by atoms with Crippen molar-refractivity contribution in [1.29, 1.82) is 0 Å². The number of hydrogen-bond acceptors (Lipinski definition) is 5. The largest absolute Gasteiger partial charge is 0.380 e. The monoisotopic (exact) mass is 279 g/mol. The molecule has 2 heterocycles. The van der Waals surface area contributed by atoms with Gasteiger partial charge in [-0.15, -0.1) is 11.3 Å². The van der Waals surface area contributed by atoms with Crippen LogP contribution in [-0.2, 0) is 0 Å². The fourth-order valence-electron chi connectivity index (χ4n) is 1.75. The van der Waals surface area contributed by atoms with Crippen LogP contribution in [0.4, 0.5) is 14.6 Å². The molecule has 1 aromatic carbocycles. The van der Waals surface area contributed by atoms with Crippen LogP contribution in [0.5, 0.6) is 0 Å². The summed E-state index contributed by atoms with van der Waals surface area (Å²) in [6.45, 7) is 0. The summed E-state index contributed by atoms with van der Waals surface area (Å²) in [5, 5.41) is 3.63. The number of nitrogen functional groups attached to an aromatic ring is 1. The van der Waals surface area contributed by atoms with Gasteiger partial charge in [-0.3, -0.25) is 4.98 Å². The standard InChI is InChI=1S/C12H7F2N3OS/c13-6-1-2-7(8(14)3-6)10-11(18-17-12(10)15)9-4-16-5-19-9/h1-5H,(H2,15,17). The van der Waals surface area contributed by atoms with Gasteiger partial charge in [-0.25, -0.2) is 8.78 Å². The van der Waals surface area contributed by atoms with Crippen LogP contribution in [0.15, 0.2) is 34.4 Å². The molecule has 0 aliphatic rings. The van der Waals surface area contributed by atoms with Crippen molar-refractivity contribution in [3.63, 3.8) is 0 Å². The summed E-state index contributed by atoms with van der Waals surface area (Å²) in [6, 6.07) is 3.25. The van der Waals surface area contributed by atoms with Gasteiger partial charge >= 0.3 is 0 Å². The molecular weight excluding hydrogens is 272 g/mol. The third-order valence-electron chi connectivity index (χ3n) is 2.58. The van der Waals surface area contributed by atoms with Crippen LogP contribution < -0.4 is 5.73 Å². The van der Waals surface area contributed by atoms with E-state index in [0.717, 1.165) is 12.1 Å². The van der Waals surface area contributed by atoms with Crippen molar-refractivity contribution >= 4 is 17.2 Å². The highest BCUT2D eigenvalue weighted by Gasteiger charge is 2.21. The lowest BCUT2D eigenvalue weighted by molar-refractivity contribution is 0.437. The molecule has 0 bridgehead atoms. The van der Waals surface area contributed by atoms with Crippen molar-refractivity contribution in [3.05, 3.63) is 41.5 Å². The van der Waals surface area contributed by atoms with Gasteiger partial charge in [-0.2, -0.15) is 0 Å². The Balaban J connectivity index is 2.22. The normalized spacial score (nSPS) is 10.8. The molecule has 7 heteroatoms. The van der Waals surface area contributed by atoms with Crippen LogP contribution in [0.25, 0.3) is 21.8 Å². The van der Waals surface area contributed by atoms with Crippen molar-refractivity contribution in [2.45, 2.75) is 0 Å². The van der Waals surface area contributed by atoms with Crippen molar-refractivity contribution in [1.82, 2.24) is 10.1 Å². The predicted octanol–water partition coefficient (Wildman–Crippen LogP) is 3.33. The maximum absolute atomic E-state index is 13.8. The van der Waals surface area contributed by atoms with E-state index in [-0.39, 0.29) is 11.4 Å². The van der Waals surface area contributed by atoms with Crippen molar-refractivity contribution in [3.8, 4) is 21.8 Å². The number of halogens is 2. The SMILES string of the molecule is Nc1noc(-c2cncs2)c1-c1ccc(F)cc1F. The van der Waals surface area contributed by atoms with E-state index in [0.29, 0.717) is 16.2 Å². The second-order valence-electron chi connectivity index (χ2n) is 3.76. The van der Waals surface area contributed by atoms with E-state index >= 15 is 0 Å². The molecular formula is C12H7F2N3OS. The highest BCUT2D eigenvalue weighted by Crippen LogP contribution is 2.39. The summed E-state index contributed by atoms with van der Waals surface area (Å²) in [5.74, 6) is -1.00. The third-order valence-corrected chi connectivity index (χ3v) is 3.35. The van der Waals surface area contributed by atoms with Gasteiger partial charge in [0.25, 0.3) is 0 Å². The molecule has 2 aromatic heterocycles. The number of rotatable bonds is 2. The average molecular weight is 279 g/mol. The molecule has 2 N–H and O–H groups in total. The number of nitrogens with two attached hydrogens (primary N) is 1. The third kappa shape index (κ3) is 1.97. The predicted molar refractivity (Wildman–Crippen MR) is 67.4 cm³/mol. The van der Waals surface area contributed by atoms with Crippen molar-refractivity contribution in [2.75, 3.05) is 5.73 Å². The first-order valence-electron chi connectivity index (χ1n) is 5.26. The molecule has 0 aliphatic carbocycles. The fourth-order valence-corrected chi connectivity index (χ4v) is 2.35. The van der Waals surface area contributed by atoms with Gasteiger partial charge in [-0.05, 0) is 12.1 Å². The minimum absolute atomic E-state index is 0.0499. The van der Waals surface area contributed by atoms with Gasteiger partial charge in [0.05, 0.1) is 16.0 Å². The van der Waals surface area contributed by atoms with Crippen LogP contribution in [0.2, 0.25) is 0 Å². The fraction of sp³-hybridized carbons (Fsp3) is 0. The van der Waals surface area contributed by atoms with Gasteiger partial charge in [0.15, 0.2) is 11.6 Å². The summed E-state index contributed by atoms with van der Waals surface area (Å²) in [4.78, 5) is 4.58. The molecule has 0 saturated carbocycles. The van der Waals surface area contributed by atoms with Gasteiger partial charge in [0, 0.05) is 17.8 Å². The second-order valence-corrected chi connectivity index (χ2v) is 4.65. The Morgan fingerprint density at radius 3 is 2.79 bits per heavy atom. The molecule has 0 amide bonds. The highest BCUT2D eigenvalue weighted by molar-refractivity contribution is 7.13. The van der Waals surface area contributed by atoms with Crippen LogP contribution in [0, 0.1) is 11.6 Å². The summed E-state index contributed by atoms with van der Waals surface area (Å²) >= 11 is 1.31. The van der Waals surface area contributed by atoms with E-state index < -0.39 is 11.6 Å². The van der Waals surface area contributed by atoms with Crippen LogP contribution in [-0.4, -0.2) is 10.1 Å². The van der Waals surface area contributed by atoms with E-state index in [1.807, 2.05) is 0 Å². The topological polar surface area (TPSA) is 64.9 Å². The van der Waals surface area contributed by atoms with E-state index in [2.05, 4.69) is 10.1 Å². The number of hydrogen-bond donors (Lipinski definition) is 1. The quantitative estimate of drug-likeness (QED) is 0.781. The Morgan fingerprint density at radius 1 is 1.26 bits per heavy atom. The molecule has 4 nitrogen and oxygen atoms in total. The molecule has 3 rings (SSSR count). The van der Waals surface area contributed by atoms with Crippen LogP contribution in [0.3, 0.4) is 0 Å². The lowest BCUT2D eigenvalue weighted by Crippen LogP contribution is -1.92. The van der Waals surface area contributed by atoms with E-state index in [4.69, 9.17) is 10.3 Å². The first kappa shape index (κ1) is 11.8. The number of thiazole rings is 1. The van der Waals surface area contributed by atoms with Gasteiger partial charge < -0.3 is 10.3 Å².